The highest BCUT2D eigenvalue weighted by molar-refractivity contribution is 5.76. The van der Waals surface area contributed by atoms with Gasteiger partial charge in [0, 0.05) is 25.7 Å². The number of rotatable bonds is 5. The molecule has 0 spiro atoms. The molecule has 2 fully saturated rings. The van der Waals surface area contributed by atoms with Crippen LogP contribution < -0.4 is 0 Å². The lowest BCUT2D eigenvalue weighted by atomic mass is 9.85. The van der Waals surface area contributed by atoms with E-state index in [9.17, 15) is 9.59 Å². The highest BCUT2D eigenvalue weighted by Gasteiger charge is 2.33. The second kappa shape index (κ2) is 6.26. The van der Waals surface area contributed by atoms with Crippen LogP contribution >= 0.6 is 0 Å². The fraction of sp³-hybridized carbons (Fsp3) is 0.857. The second-order valence-corrected chi connectivity index (χ2v) is 5.71. The number of carbonyl (C=O) groups is 2. The first-order chi connectivity index (χ1) is 9.11. The molecule has 1 atom stereocenters. The van der Waals surface area contributed by atoms with Gasteiger partial charge in [-0.25, -0.2) is 4.79 Å². The summed E-state index contributed by atoms with van der Waals surface area (Å²) in [4.78, 5) is 27.0. The van der Waals surface area contributed by atoms with Crippen LogP contribution in [0, 0.1) is 5.92 Å². The zero-order chi connectivity index (χ0) is 13.8. The van der Waals surface area contributed by atoms with E-state index in [2.05, 4.69) is 0 Å². The molecule has 1 aliphatic heterocycles. The normalized spacial score (nSPS) is 23.2. The Bertz CT molecular complexity index is 342. The molecule has 1 saturated carbocycles. The van der Waals surface area contributed by atoms with E-state index in [1.54, 1.807) is 4.90 Å². The topological polar surface area (TPSA) is 60.9 Å². The standard InChI is InChI=1S/C14H24N2O3/c1-2-15(10-11-5-3-6-11)14(19)16-8-4-7-12(16)9-13(17)18/h11-12H,2-10H2,1H3,(H,17,18). The van der Waals surface area contributed by atoms with Gasteiger partial charge in [0.2, 0.25) is 0 Å². The van der Waals surface area contributed by atoms with Crippen molar-refractivity contribution in [3.63, 3.8) is 0 Å². The summed E-state index contributed by atoms with van der Waals surface area (Å²) >= 11 is 0. The van der Waals surface area contributed by atoms with Crippen molar-refractivity contribution in [3.8, 4) is 0 Å². The van der Waals surface area contributed by atoms with Gasteiger partial charge in [0.25, 0.3) is 0 Å². The molecular formula is C14H24N2O3. The van der Waals surface area contributed by atoms with Crippen LogP contribution in [0.4, 0.5) is 4.79 Å². The van der Waals surface area contributed by atoms with Crippen molar-refractivity contribution in [3.05, 3.63) is 0 Å². The number of nitrogens with zero attached hydrogens (tertiary/aromatic N) is 2. The minimum absolute atomic E-state index is 0.0400. The smallest absolute Gasteiger partial charge is 0.320 e. The molecule has 2 aliphatic rings. The number of urea groups is 1. The molecule has 0 aromatic rings. The summed E-state index contributed by atoms with van der Waals surface area (Å²) in [5, 5.41) is 8.91. The van der Waals surface area contributed by atoms with E-state index in [0.717, 1.165) is 19.4 Å². The Kier molecular flexibility index (Phi) is 4.66. The number of carboxylic acids is 1. The molecule has 1 heterocycles. The molecule has 108 valence electrons. The van der Waals surface area contributed by atoms with Gasteiger partial charge in [0.05, 0.1) is 6.42 Å². The quantitative estimate of drug-likeness (QED) is 0.831. The molecule has 1 unspecified atom stereocenters. The molecule has 0 aromatic carbocycles. The van der Waals surface area contributed by atoms with Gasteiger partial charge in [-0.15, -0.1) is 0 Å². The zero-order valence-electron chi connectivity index (χ0n) is 11.7. The minimum atomic E-state index is -0.813. The first-order valence-corrected chi connectivity index (χ1v) is 7.39. The predicted octanol–water partition coefficient (Wildman–Crippen LogP) is 2.17. The molecule has 1 saturated heterocycles. The lowest BCUT2D eigenvalue weighted by Gasteiger charge is -2.35. The zero-order valence-corrected chi connectivity index (χ0v) is 11.7. The van der Waals surface area contributed by atoms with Gasteiger partial charge in [-0.05, 0) is 38.5 Å². The van der Waals surface area contributed by atoms with Crippen LogP contribution in [0.25, 0.3) is 0 Å². The molecule has 19 heavy (non-hydrogen) atoms. The van der Waals surface area contributed by atoms with Crippen LogP contribution in [0.1, 0.15) is 45.4 Å². The first-order valence-electron chi connectivity index (χ1n) is 7.39. The third-order valence-electron chi connectivity index (χ3n) is 4.39. The average Bonchev–Trinajstić information content (AvgIpc) is 2.74. The number of hydrogen-bond donors (Lipinski definition) is 1. The largest absolute Gasteiger partial charge is 0.481 e. The number of amides is 2. The van der Waals surface area contributed by atoms with Crippen LogP contribution in [0.5, 0.6) is 0 Å². The molecule has 0 aromatic heterocycles. The molecule has 0 bridgehead atoms. The van der Waals surface area contributed by atoms with Crippen LogP contribution in [0.2, 0.25) is 0 Å². The number of hydrogen-bond acceptors (Lipinski definition) is 2. The maximum Gasteiger partial charge on any atom is 0.320 e. The first kappa shape index (κ1) is 14.2. The fourth-order valence-electron chi connectivity index (χ4n) is 3.01. The fourth-order valence-corrected chi connectivity index (χ4v) is 3.01. The average molecular weight is 268 g/mol. The molecule has 5 nitrogen and oxygen atoms in total. The lowest BCUT2D eigenvalue weighted by molar-refractivity contribution is -0.138. The van der Waals surface area contributed by atoms with Crippen LogP contribution in [-0.2, 0) is 4.79 Å². The number of likely N-dealkylation sites (tertiary alicyclic amines) is 1. The molecule has 5 heteroatoms. The summed E-state index contributed by atoms with van der Waals surface area (Å²) in [6.07, 6.45) is 5.54. The Balaban J connectivity index is 1.93. The lowest BCUT2D eigenvalue weighted by Crippen LogP contribution is -2.48. The van der Waals surface area contributed by atoms with Gasteiger partial charge in [0.1, 0.15) is 0 Å². The van der Waals surface area contributed by atoms with Crippen molar-refractivity contribution < 1.29 is 14.7 Å². The van der Waals surface area contributed by atoms with Gasteiger partial charge in [-0.2, -0.15) is 0 Å². The maximum absolute atomic E-state index is 12.5. The third-order valence-corrected chi connectivity index (χ3v) is 4.39. The van der Waals surface area contributed by atoms with E-state index < -0.39 is 5.97 Å². The van der Waals surface area contributed by atoms with Crippen LogP contribution in [0.15, 0.2) is 0 Å². The van der Waals surface area contributed by atoms with Crippen molar-refractivity contribution in [1.82, 2.24) is 9.80 Å². The van der Waals surface area contributed by atoms with E-state index in [1.165, 1.54) is 19.3 Å². The predicted molar refractivity (Wildman–Crippen MR) is 72.0 cm³/mol. The van der Waals surface area contributed by atoms with Crippen LogP contribution in [-0.4, -0.2) is 52.6 Å². The molecule has 1 aliphatic carbocycles. The summed E-state index contributed by atoms with van der Waals surface area (Å²) in [5.74, 6) is -0.156. The van der Waals surface area contributed by atoms with E-state index in [4.69, 9.17) is 5.11 Å². The number of carbonyl (C=O) groups excluding carboxylic acids is 1. The number of aliphatic carboxylic acids is 1. The molecule has 0 radical (unpaired) electrons. The van der Waals surface area contributed by atoms with Crippen molar-refractivity contribution >= 4 is 12.0 Å². The van der Waals surface area contributed by atoms with E-state index in [0.29, 0.717) is 19.0 Å². The Morgan fingerprint density at radius 1 is 1.26 bits per heavy atom. The highest BCUT2D eigenvalue weighted by atomic mass is 16.4. The SMILES string of the molecule is CCN(CC1CCC1)C(=O)N1CCCC1CC(=O)O. The molecular weight excluding hydrogens is 244 g/mol. The summed E-state index contributed by atoms with van der Waals surface area (Å²) in [6, 6.07) is -0.0707. The monoisotopic (exact) mass is 268 g/mol. The highest BCUT2D eigenvalue weighted by Crippen LogP contribution is 2.28. The maximum atomic E-state index is 12.5. The van der Waals surface area contributed by atoms with Gasteiger partial charge < -0.3 is 14.9 Å². The van der Waals surface area contributed by atoms with Crippen molar-refractivity contribution in [1.29, 1.82) is 0 Å². The Morgan fingerprint density at radius 2 is 2.00 bits per heavy atom. The minimum Gasteiger partial charge on any atom is -0.481 e. The molecule has 1 N–H and O–H groups in total. The number of carboxylic acid groups (broad SMARTS) is 1. The summed E-state index contributed by atoms with van der Waals surface area (Å²) in [5.41, 5.74) is 0. The third kappa shape index (κ3) is 3.39. The van der Waals surface area contributed by atoms with Gasteiger partial charge in [-0.3, -0.25) is 4.79 Å². The van der Waals surface area contributed by atoms with Gasteiger partial charge in [0.15, 0.2) is 0 Å². The summed E-state index contributed by atoms with van der Waals surface area (Å²) < 4.78 is 0. The van der Waals surface area contributed by atoms with E-state index >= 15 is 0 Å². The summed E-state index contributed by atoms with van der Waals surface area (Å²) in [6.45, 7) is 4.26. The second-order valence-electron chi connectivity index (χ2n) is 5.71. The Labute approximate surface area is 114 Å². The Hall–Kier alpha value is -1.26. The van der Waals surface area contributed by atoms with Crippen molar-refractivity contribution in [2.24, 2.45) is 5.92 Å². The van der Waals surface area contributed by atoms with E-state index in [1.807, 2.05) is 11.8 Å². The summed E-state index contributed by atoms with van der Waals surface area (Å²) in [7, 11) is 0. The molecule has 2 rings (SSSR count). The van der Waals surface area contributed by atoms with Gasteiger partial charge >= 0.3 is 12.0 Å². The van der Waals surface area contributed by atoms with Crippen molar-refractivity contribution in [2.45, 2.75) is 51.5 Å². The van der Waals surface area contributed by atoms with Crippen LogP contribution in [0.3, 0.4) is 0 Å². The van der Waals surface area contributed by atoms with Crippen molar-refractivity contribution in [2.75, 3.05) is 19.6 Å². The Morgan fingerprint density at radius 3 is 2.53 bits per heavy atom. The van der Waals surface area contributed by atoms with Gasteiger partial charge in [-0.1, -0.05) is 6.42 Å². The molecule has 2 amide bonds. The van der Waals surface area contributed by atoms with E-state index in [-0.39, 0.29) is 18.5 Å².